The second-order valence-corrected chi connectivity index (χ2v) is 3.59. The van der Waals surface area contributed by atoms with Crippen LogP contribution in [-0.4, -0.2) is 9.78 Å². The summed E-state index contributed by atoms with van der Waals surface area (Å²) in [5.41, 5.74) is 6.45. The Labute approximate surface area is 91.3 Å². The Morgan fingerprint density at radius 1 is 1.47 bits per heavy atom. The van der Waals surface area contributed by atoms with Crippen LogP contribution in [-0.2, 0) is 7.05 Å². The number of aryl methyl sites for hydroxylation is 1. The van der Waals surface area contributed by atoms with E-state index < -0.39 is 5.82 Å². The summed E-state index contributed by atoms with van der Waals surface area (Å²) in [6, 6.07) is 6.38. The highest BCUT2D eigenvalue weighted by Crippen LogP contribution is 2.27. The van der Waals surface area contributed by atoms with Crippen molar-refractivity contribution in [3.63, 3.8) is 0 Å². The van der Waals surface area contributed by atoms with Crippen LogP contribution in [0.5, 0.6) is 0 Å². The van der Waals surface area contributed by atoms with Crippen molar-refractivity contribution in [3.8, 4) is 11.3 Å². The van der Waals surface area contributed by atoms with Crippen molar-refractivity contribution in [2.24, 2.45) is 7.05 Å². The van der Waals surface area contributed by atoms with Crippen molar-refractivity contribution >= 4 is 17.4 Å². The average molecular weight is 226 g/mol. The lowest BCUT2D eigenvalue weighted by atomic mass is 10.1. The SMILES string of the molecule is Cn1nc(-c2cccc(Cl)c2F)cc1N. The fraction of sp³-hybridized carbons (Fsp3) is 0.100. The molecule has 0 saturated carbocycles. The van der Waals surface area contributed by atoms with E-state index in [1.165, 1.54) is 10.7 Å². The number of halogens is 2. The maximum absolute atomic E-state index is 13.6. The standard InChI is InChI=1S/C10H9ClFN3/c1-15-9(13)5-8(14-15)6-3-2-4-7(11)10(6)12/h2-5H,13H2,1H3. The van der Waals surface area contributed by atoms with Gasteiger partial charge < -0.3 is 5.73 Å². The molecule has 0 unspecified atom stereocenters. The van der Waals surface area contributed by atoms with E-state index in [1.54, 1.807) is 25.2 Å². The third-order valence-electron chi connectivity index (χ3n) is 2.14. The summed E-state index contributed by atoms with van der Waals surface area (Å²) in [5.74, 6) is 0.00152. The van der Waals surface area contributed by atoms with Gasteiger partial charge in [-0.25, -0.2) is 4.39 Å². The van der Waals surface area contributed by atoms with Crippen molar-refractivity contribution in [1.29, 1.82) is 0 Å². The second kappa shape index (κ2) is 3.55. The first-order valence-corrected chi connectivity index (χ1v) is 4.71. The van der Waals surface area contributed by atoms with E-state index in [1.807, 2.05) is 0 Å². The zero-order valence-electron chi connectivity index (χ0n) is 8.04. The normalized spacial score (nSPS) is 10.6. The molecular weight excluding hydrogens is 217 g/mol. The number of rotatable bonds is 1. The molecule has 0 amide bonds. The molecule has 15 heavy (non-hydrogen) atoms. The molecule has 0 spiro atoms. The zero-order valence-corrected chi connectivity index (χ0v) is 8.79. The molecule has 3 nitrogen and oxygen atoms in total. The Morgan fingerprint density at radius 3 is 2.80 bits per heavy atom. The Hall–Kier alpha value is -1.55. The van der Waals surface area contributed by atoms with Crippen molar-refractivity contribution in [1.82, 2.24) is 9.78 Å². The van der Waals surface area contributed by atoms with Gasteiger partial charge in [0.1, 0.15) is 5.82 Å². The molecule has 0 fully saturated rings. The van der Waals surface area contributed by atoms with Gasteiger partial charge in [-0.2, -0.15) is 5.10 Å². The van der Waals surface area contributed by atoms with Gasteiger partial charge in [0.25, 0.3) is 0 Å². The van der Waals surface area contributed by atoms with Crippen LogP contribution in [0.15, 0.2) is 24.3 Å². The Kier molecular flexibility index (Phi) is 2.36. The number of aromatic nitrogens is 2. The van der Waals surface area contributed by atoms with Gasteiger partial charge in [-0.15, -0.1) is 0 Å². The number of benzene rings is 1. The van der Waals surface area contributed by atoms with Gasteiger partial charge in [0, 0.05) is 18.7 Å². The fourth-order valence-corrected chi connectivity index (χ4v) is 1.49. The summed E-state index contributed by atoms with van der Waals surface area (Å²) in [6.45, 7) is 0. The highest BCUT2D eigenvalue weighted by atomic mass is 35.5. The zero-order chi connectivity index (χ0) is 11.0. The summed E-state index contributed by atoms with van der Waals surface area (Å²) in [7, 11) is 1.70. The minimum absolute atomic E-state index is 0.0803. The smallest absolute Gasteiger partial charge is 0.151 e. The minimum atomic E-state index is -0.475. The van der Waals surface area contributed by atoms with Gasteiger partial charge in [-0.05, 0) is 12.1 Å². The summed E-state index contributed by atoms with van der Waals surface area (Å²) >= 11 is 5.67. The highest BCUT2D eigenvalue weighted by molar-refractivity contribution is 6.31. The Bertz CT molecular complexity index is 488. The van der Waals surface area contributed by atoms with Crippen LogP contribution in [0, 0.1) is 5.82 Å². The first-order valence-electron chi connectivity index (χ1n) is 4.33. The van der Waals surface area contributed by atoms with Crippen molar-refractivity contribution in [3.05, 3.63) is 35.1 Å². The van der Waals surface area contributed by atoms with Crippen LogP contribution in [0.2, 0.25) is 5.02 Å². The summed E-state index contributed by atoms with van der Waals surface area (Å²) in [6.07, 6.45) is 0. The maximum atomic E-state index is 13.6. The molecule has 1 aromatic carbocycles. The largest absolute Gasteiger partial charge is 0.384 e. The van der Waals surface area contributed by atoms with Gasteiger partial charge in [0.15, 0.2) is 5.82 Å². The number of nitrogens with two attached hydrogens (primary N) is 1. The van der Waals surface area contributed by atoms with Crippen LogP contribution in [0.25, 0.3) is 11.3 Å². The van der Waals surface area contributed by atoms with Crippen LogP contribution < -0.4 is 5.73 Å². The quantitative estimate of drug-likeness (QED) is 0.810. The van der Waals surface area contributed by atoms with Crippen LogP contribution >= 0.6 is 11.6 Å². The number of hydrogen-bond acceptors (Lipinski definition) is 2. The molecule has 0 bridgehead atoms. The first kappa shape index (κ1) is 9.98. The molecule has 0 atom stereocenters. The van der Waals surface area contributed by atoms with E-state index in [4.69, 9.17) is 17.3 Å². The summed E-state index contributed by atoms with van der Waals surface area (Å²) in [4.78, 5) is 0. The van der Waals surface area contributed by atoms with Gasteiger partial charge in [-0.1, -0.05) is 17.7 Å². The van der Waals surface area contributed by atoms with E-state index in [2.05, 4.69) is 5.10 Å². The maximum Gasteiger partial charge on any atom is 0.151 e. The van der Waals surface area contributed by atoms with Crippen molar-refractivity contribution in [2.45, 2.75) is 0 Å². The number of nitrogens with zero attached hydrogens (tertiary/aromatic N) is 2. The molecule has 0 aliphatic heterocycles. The Balaban J connectivity index is 2.59. The first-order chi connectivity index (χ1) is 7.09. The molecular formula is C10H9ClFN3. The molecule has 0 aliphatic carbocycles. The van der Waals surface area contributed by atoms with Gasteiger partial charge in [-0.3, -0.25) is 4.68 Å². The van der Waals surface area contributed by atoms with E-state index in [0.29, 0.717) is 17.1 Å². The van der Waals surface area contributed by atoms with Crippen LogP contribution in [0.1, 0.15) is 0 Å². The molecule has 0 aliphatic rings. The summed E-state index contributed by atoms with van der Waals surface area (Å²) in [5, 5.41) is 4.16. The lowest BCUT2D eigenvalue weighted by Crippen LogP contribution is -1.96. The molecule has 78 valence electrons. The summed E-state index contributed by atoms with van der Waals surface area (Å²) < 4.78 is 15.1. The average Bonchev–Trinajstić information content (AvgIpc) is 2.51. The fourth-order valence-electron chi connectivity index (χ4n) is 1.31. The van der Waals surface area contributed by atoms with Crippen LogP contribution in [0.4, 0.5) is 10.2 Å². The lowest BCUT2D eigenvalue weighted by Gasteiger charge is -1.99. The molecule has 5 heteroatoms. The van der Waals surface area contributed by atoms with Gasteiger partial charge in [0.05, 0.1) is 10.7 Å². The van der Waals surface area contributed by atoms with E-state index in [-0.39, 0.29) is 5.02 Å². The topological polar surface area (TPSA) is 43.8 Å². The molecule has 0 radical (unpaired) electrons. The lowest BCUT2D eigenvalue weighted by molar-refractivity contribution is 0.630. The molecule has 1 aromatic heterocycles. The second-order valence-electron chi connectivity index (χ2n) is 3.18. The monoisotopic (exact) mass is 225 g/mol. The highest BCUT2D eigenvalue weighted by Gasteiger charge is 2.11. The number of anilines is 1. The van der Waals surface area contributed by atoms with Crippen molar-refractivity contribution < 1.29 is 4.39 Å². The molecule has 2 N–H and O–H groups in total. The Morgan fingerprint density at radius 2 is 2.20 bits per heavy atom. The molecule has 1 heterocycles. The predicted molar refractivity (Wildman–Crippen MR) is 58.0 cm³/mol. The van der Waals surface area contributed by atoms with Gasteiger partial charge >= 0.3 is 0 Å². The molecule has 0 saturated heterocycles. The van der Waals surface area contributed by atoms with E-state index >= 15 is 0 Å². The third-order valence-corrected chi connectivity index (χ3v) is 2.44. The van der Waals surface area contributed by atoms with Crippen molar-refractivity contribution in [2.75, 3.05) is 5.73 Å². The van der Waals surface area contributed by atoms with E-state index in [9.17, 15) is 4.39 Å². The predicted octanol–water partition coefficient (Wildman–Crippen LogP) is 2.46. The van der Waals surface area contributed by atoms with E-state index in [0.717, 1.165) is 0 Å². The number of hydrogen-bond donors (Lipinski definition) is 1. The molecule has 2 aromatic rings. The number of nitrogen functional groups attached to an aromatic ring is 1. The molecule has 2 rings (SSSR count). The van der Waals surface area contributed by atoms with Crippen LogP contribution in [0.3, 0.4) is 0 Å². The third kappa shape index (κ3) is 1.68. The van der Waals surface area contributed by atoms with Gasteiger partial charge in [0.2, 0.25) is 0 Å². The minimum Gasteiger partial charge on any atom is -0.384 e.